The lowest BCUT2D eigenvalue weighted by Crippen LogP contribution is -2.35. The number of amides is 2. The predicted molar refractivity (Wildman–Crippen MR) is 101 cm³/mol. The molecule has 0 saturated carbocycles. The van der Waals surface area contributed by atoms with E-state index in [1.165, 1.54) is 12.0 Å². The molecule has 0 spiro atoms. The Hall–Kier alpha value is -3.34. The van der Waals surface area contributed by atoms with Gasteiger partial charge in [-0.1, -0.05) is 42.5 Å². The summed E-state index contributed by atoms with van der Waals surface area (Å²) >= 11 is 0. The second-order valence-electron chi connectivity index (χ2n) is 6.20. The van der Waals surface area contributed by atoms with Crippen molar-refractivity contribution >= 4 is 34.0 Å². The van der Waals surface area contributed by atoms with Crippen molar-refractivity contribution in [3.05, 3.63) is 66.7 Å². The molecular formula is C21H18N2O3. The lowest BCUT2D eigenvalue weighted by Gasteiger charge is -2.18. The Morgan fingerprint density at radius 1 is 0.962 bits per heavy atom. The van der Waals surface area contributed by atoms with Gasteiger partial charge in [0, 0.05) is 5.69 Å². The van der Waals surface area contributed by atoms with Gasteiger partial charge in [-0.15, -0.1) is 0 Å². The van der Waals surface area contributed by atoms with Crippen LogP contribution in [0.3, 0.4) is 0 Å². The van der Waals surface area contributed by atoms with E-state index in [9.17, 15) is 9.59 Å². The standard InChI is InChI=1S/C21H18N2O3/c1-26-19-9-5-4-8-18(19)23-20(24)13-17(21(23)25)22-16-11-10-14-6-2-3-7-15(14)12-16/h2-12,17,22H,13H2,1H3/t17-/m0/s1. The molecule has 1 atom stereocenters. The van der Waals surface area contributed by atoms with Gasteiger partial charge in [-0.25, -0.2) is 4.90 Å². The minimum Gasteiger partial charge on any atom is -0.495 e. The third-order valence-electron chi connectivity index (χ3n) is 4.56. The van der Waals surface area contributed by atoms with Crippen molar-refractivity contribution in [3.63, 3.8) is 0 Å². The zero-order valence-electron chi connectivity index (χ0n) is 14.3. The molecule has 0 radical (unpaired) electrons. The van der Waals surface area contributed by atoms with E-state index in [0.29, 0.717) is 11.4 Å². The first-order valence-corrected chi connectivity index (χ1v) is 8.42. The van der Waals surface area contributed by atoms with Gasteiger partial charge in [0.2, 0.25) is 5.91 Å². The van der Waals surface area contributed by atoms with Crippen LogP contribution in [-0.2, 0) is 9.59 Å². The number of benzene rings is 3. The van der Waals surface area contributed by atoms with E-state index in [1.807, 2.05) is 42.5 Å². The molecule has 1 fully saturated rings. The molecule has 0 aromatic heterocycles. The number of hydrogen-bond donors (Lipinski definition) is 1. The van der Waals surface area contributed by atoms with Crippen LogP contribution < -0.4 is 15.0 Å². The van der Waals surface area contributed by atoms with Gasteiger partial charge in [-0.3, -0.25) is 9.59 Å². The molecule has 2 amide bonds. The first kappa shape index (κ1) is 16.1. The zero-order chi connectivity index (χ0) is 18.1. The number of carbonyl (C=O) groups is 2. The molecule has 3 aromatic rings. The Labute approximate surface area is 151 Å². The summed E-state index contributed by atoms with van der Waals surface area (Å²) in [6, 6.07) is 20.4. The average Bonchev–Trinajstić information content (AvgIpc) is 2.94. The van der Waals surface area contributed by atoms with E-state index in [0.717, 1.165) is 16.5 Å². The number of hydrogen-bond acceptors (Lipinski definition) is 4. The van der Waals surface area contributed by atoms with Crippen molar-refractivity contribution in [2.24, 2.45) is 0 Å². The second kappa shape index (κ2) is 6.52. The van der Waals surface area contributed by atoms with Crippen molar-refractivity contribution in [2.75, 3.05) is 17.3 Å². The Kier molecular flexibility index (Phi) is 4.05. The number of anilines is 2. The number of imide groups is 1. The topological polar surface area (TPSA) is 58.6 Å². The van der Waals surface area contributed by atoms with Gasteiger partial charge in [0.1, 0.15) is 11.8 Å². The van der Waals surface area contributed by atoms with Gasteiger partial charge in [-0.05, 0) is 35.0 Å². The number of para-hydroxylation sites is 2. The van der Waals surface area contributed by atoms with E-state index >= 15 is 0 Å². The summed E-state index contributed by atoms with van der Waals surface area (Å²) in [5, 5.41) is 5.40. The molecule has 1 saturated heterocycles. The highest BCUT2D eigenvalue weighted by Crippen LogP contribution is 2.32. The first-order valence-electron chi connectivity index (χ1n) is 8.42. The molecule has 1 N–H and O–H groups in total. The molecule has 1 aliphatic rings. The molecule has 0 bridgehead atoms. The Morgan fingerprint density at radius 2 is 1.69 bits per heavy atom. The van der Waals surface area contributed by atoms with E-state index in [-0.39, 0.29) is 18.2 Å². The molecule has 3 aromatic carbocycles. The number of carbonyl (C=O) groups excluding carboxylic acids is 2. The predicted octanol–water partition coefficient (Wildman–Crippen LogP) is 3.59. The third-order valence-corrected chi connectivity index (χ3v) is 4.56. The number of ether oxygens (including phenoxy) is 1. The summed E-state index contributed by atoms with van der Waals surface area (Å²) in [6.07, 6.45) is 0.115. The summed E-state index contributed by atoms with van der Waals surface area (Å²) in [5.41, 5.74) is 1.30. The van der Waals surface area contributed by atoms with Crippen molar-refractivity contribution in [2.45, 2.75) is 12.5 Å². The molecule has 4 rings (SSSR count). The van der Waals surface area contributed by atoms with Crippen molar-refractivity contribution in [1.82, 2.24) is 0 Å². The smallest absolute Gasteiger partial charge is 0.256 e. The minimum absolute atomic E-state index is 0.115. The fraction of sp³-hybridized carbons (Fsp3) is 0.143. The van der Waals surface area contributed by atoms with Gasteiger partial charge in [0.05, 0.1) is 19.2 Å². The summed E-state index contributed by atoms with van der Waals surface area (Å²) in [4.78, 5) is 26.5. The largest absolute Gasteiger partial charge is 0.495 e. The maximum atomic E-state index is 12.8. The van der Waals surface area contributed by atoms with Crippen LogP contribution in [0.4, 0.5) is 11.4 Å². The Morgan fingerprint density at radius 3 is 2.50 bits per heavy atom. The van der Waals surface area contributed by atoms with Gasteiger partial charge in [-0.2, -0.15) is 0 Å². The fourth-order valence-electron chi connectivity index (χ4n) is 3.29. The maximum Gasteiger partial charge on any atom is 0.256 e. The second-order valence-corrected chi connectivity index (χ2v) is 6.20. The van der Waals surface area contributed by atoms with Crippen LogP contribution in [0.25, 0.3) is 10.8 Å². The van der Waals surface area contributed by atoms with Crippen LogP contribution >= 0.6 is 0 Å². The quantitative estimate of drug-likeness (QED) is 0.734. The van der Waals surface area contributed by atoms with Crippen molar-refractivity contribution in [1.29, 1.82) is 0 Å². The van der Waals surface area contributed by atoms with E-state index in [1.54, 1.807) is 24.3 Å². The van der Waals surface area contributed by atoms with Gasteiger partial charge < -0.3 is 10.1 Å². The Balaban J connectivity index is 1.60. The van der Waals surface area contributed by atoms with Gasteiger partial charge >= 0.3 is 0 Å². The van der Waals surface area contributed by atoms with Crippen LogP contribution in [0.2, 0.25) is 0 Å². The molecule has 5 heteroatoms. The average molecular weight is 346 g/mol. The minimum atomic E-state index is -0.589. The summed E-state index contributed by atoms with van der Waals surface area (Å²) in [7, 11) is 1.52. The van der Waals surface area contributed by atoms with Gasteiger partial charge in [0.25, 0.3) is 5.91 Å². The molecule has 130 valence electrons. The molecule has 1 heterocycles. The lowest BCUT2D eigenvalue weighted by atomic mass is 10.1. The molecule has 5 nitrogen and oxygen atoms in total. The fourth-order valence-corrected chi connectivity index (χ4v) is 3.29. The van der Waals surface area contributed by atoms with E-state index < -0.39 is 6.04 Å². The highest BCUT2D eigenvalue weighted by atomic mass is 16.5. The van der Waals surface area contributed by atoms with Crippen molar-refractivity contribution in [3.8, 4) is 5.75 Å². The SMILES string of the molecule is COc1ccccc1N1C(=O)C[C@H](Nc2ccc3ccccc3c2)C1=O. The zero-order valence-corrected chi connectivity index (χ0v) is 14.3. The number of nitrogens with zero attached hydrogens (tertiary/aromatic N) is 1. The normalized spacial score (nSPS) is 17.0. The monoisotopic (exact) mass is 346 g/mol. The summed E-state index contributed by atoms with van der Waals surface area (Å²) in [5.74, 6) is -0.00833. The van der Waals surface area contributed by atoms with E-state index in [2.05, 4.69) is 5.32 Å². The van der Waals surface area contributed by atoms with Crippen LogP contribution in [0.5, 0.6) is 5.75 Å². The van der Waals surface area contributed by atoms with Crippen LogP contribution in [0.1, 0.15) is 6.42 Å². The van der Waals surface area contributed by atoms with Crippen LogP contribution in [0, 0.1) is 0 Å². The summed E-state index contributed by atoms with van der Waals surface area (Å²) in [6.45, 7) is 0. The number of nitrogens with one attached hydrogen (secondary N) is 1. The molecule has 26 heavy (non-hydrogen) atoms. The molecule has 0 aliphatic carbocycles. The van der Waals surface area contributed by atoms with Crippen LogP contribution in [0.15, 0.2) is 66.7 Å². The van der Waals surface area contributed by atoms with Crippen molar-refractivity contribution < 1.29 is 14.3 Å². The highest BCUT2D eigenvalue weighted by Gasteiger charge is 2.40. The van der Waals surface area contributed by atoms with Crippen LogP contribution in [-0.4, -0.2) is 25.0 Å². The molecule has 0 unspecified atom stereocenters. The van der Waals surface area contributed by atoms with Gasteiger partial charge in [0.15, 0.2) is 0 Å². The number of rotatable bonds is 4. The molecular weight excluding hydrogens is 328 g/mol. The lowest BCUT2D eigenvalue weighted by molar-refractivity contribution is -0.121. The Bertz CT molecular complexity index is 999. The highest BCUT2D eigenvalue weighted by molar-refractivity contribution is 6.23. The maximum absolute atomic E-state index is 12.8. The number of methoxy groups -OCH3 is 1. The third kappa shape index (κ3) is 2.77. The number of fused-ring (bicyclic) bond motifs is 1. The first-order chi connectivity index (χ1) is 12.7. The molecule has 1 aliphatic heterocycles. The summed E-state index contributed by atoms with van der Waals surface area (Å²) < 4.78 is 5.29. The van der Waals surface area contributed by atoms with E-state index in [4.69, 9.17) is 4.74 Å².